The summed E-state index contributed by atoms with van der Waals surface area (Å²) in [4.78, 5) is 34.7. The lowest BCUT2D eigenvalue weighted by Crippen LogP contribution is -2.37. The minimum Gasteiger partial charge on any atom is -0.508 e. The molecule has 0 spiro atoms. The molecule has 0 amide bonds. The third-order valence-corrected chi connectivity index (χ3v) is 18.3. The first-order chi connectivity index (χ1) is 42.8. The fourth-order valence-electron chi connectivity index (χ4n) is 9.28. The molecule has 0 aromatic heterocycles. The van der Waals surface area contributed by atoms with E-state index in [9.17, 15) is 14.4 Å². The summed E-state index contributed by atoms with van der Waals surface area (Å²) in [5.41, 5.74) is 6.93. The summed E-state index contributed by atoms with van der Waals surface area (Å²) in [6, 6.07) is 41.7. The number of phenolic OH excluding ortho intramolecular Hbond substituents is 3. The number of phenols is 3. The molecule has 1 fully saturated rings. The molecule has 0 heterocycles. The van der Waals surface area contributed by atoms with Crippen LogP contribution in [0.4, 0.5) is 0 Å². The molecule has 2 aliphatic carbocycles. The summed E-state index contributed by atoms with van der Waals surface area (Å²) in [6.07, 6.45) is 13.9. The number of hydrogen-bond acceptors (Lipinski definition) is 9. The number of fused-ring (bicyclic) bond motifs is 1. The van der Waals surface area contributed by atoms with Crippen LogP contribution in [0.2, 0.25) is 0 Å². The summed E-state index contributed by atoms with van der Waals surface area (Å²) in [5, 5.41) is 27.0. The topological polar surface area (TPSA) is 140 Å². The molecule has 0 aliphatic heterocycles. The number of carbonyl (C=O) groups is 3. The second-order valence-corrected chi connectivity index (χ2v) is 29.0. The van der Waals surface area contributed by atoms with Crippen LogP contribution in [0.1, 0.15) is 313 Å². The van der Waals surface area contributed by atoms with Gasteiger partial charge in [0.1, 0.15) is 34.1 Å². The number of aromatic hydroxyl groups is 3. The molecule has 7 rings (SSSR count). The maximum Gasteiger partial charge on any atom is 0.312 e. The first-order valence-electron chi connectivity index (χ1n) is 35.0. The van der Waals surface area contributed by atoms with E-state index in [1.807, 2.05) is 133 Å². The van der Waals surface area contributed by atoms with Crippen LogP contribution >= 0.6 is 0 Å². The molecule has 518 valence electrons. The zero-order valence-electron chi connectivity index (χ0n) is 62.6. The maximum absolute atomic E-state index is 12.0. The summed E-state index contributed by atoms with van der Waals surface area (Å²) >= 11 is 0. The maximum atomic E-state index is 12.0. The average molecular weight is 1270 g/mol. The Labute approximate surface area is 562 Å². The quantitative estimate of drug-likeness (QED) is 0.0651. The van der Waals surface area contributed by atoms with Crippen LogP contribution in [-0.4, -0.2) is 50.0 Å². The molecule has 7 unspecified atom stereocenters. The van der Waals surface area contributed by atoms with E-state index in [2.05, 4.69) is 131 Å². The lowest BCUT2D eigenvalue weighted by molar-refractivity contribution is -0.171. The molecule has 7 atom stereocenters. The zero-order valence-corrected chi connectivity index (χ0v) is 62.6. The molecule has 2 aliphatic rings. The predicted molar refractivity (Wildman–Crippen MR) is 390 cm³/mol. The number of esters is 3. The number of hydrogen-bond donors (Lipinski definition) is 3. The van der Waals surface area contributed by atoms with Crippen molar-refractivity contribution < 1.29 is 43.9 Å². The van der Waals surface area contributed by atoms with E-state index >= 15 is 0 Å². The molecule has 0 saturated heterocycles. The van der Waals surface area contributed by atoms with Crippen molar-refractivity contribution in [2.24, 2.45) is 22.7 Å². The lowest BCUT2D eigenvalue weighted by atomic mass is 9.89. The van der Waals surface area contributed by atoms with E-state index in [0.717, 1.165) is 69.6 Å². The number of ether oxygens (including phenoxy) is 3. The highest BCUT2D eigenvalue weighted by Gasteiger charge is 2.39. The van der Waals surface area contributed by atoms with Gasteiger partial charge in [0.25, 0.3) is 0 Å². The smallest absolute Gasteiger partial charge is 0.312 e. The Kier molecular flexibility index (Phi) is 40.2. The van der Waals surface area contributed by atoms with Crippen LogP contribution in [0.25, 0.3) is 0 Å². The van der Waals surface area contributed by atoms with E-state index in [0.29, 0.717) is 40.9 Å². The third-order valence-electron chi connectivity index (χ3n) is 18.3. The van der Waals surface area contributed by atoms with Gasteiger partial charge in [-0.3, -0.25) is 14.4 Å². The molecule has 5 aromatic rings. The highest BCUT2D eigenvalue weighted by molar-refractivity contribution is 5.76. The van der Waals surface area contributed by atoms with E-state index in [1.54, 1.807) is 47.5 Å². The highest BCUT2D eigenvalue weighted by Crippen LogP contribution is 2.39. The van der Waals surface area contributed by atoms with Gasteiger partial charge < -0.3 is 29.5 Å². The summed E-state index contributed by atoms with van der Waals surface area (Å²) < 4.78 is 16.2. The number of rotatable bonds is 16. The van der Waals surface area contributed by atoms with Gasteiger partial charge in [0, 0.05) is 0 Å². The third kappa shape index (κ3) is 34.2. The molecule has 3 N–H and O–H groups in total. The Bertz CT molecular complexity index is 2620. The monoisotopic (exact) mass is 1270 g/mol. The van der Waals surface area contributed by atoms with E-state index in [1.165, 1.54) is 47.9 Å². The Morgan fingerprint density at radius 1 is 0.457 bits per heavy atom. The number of benzene rings is 5. The van der Waals surface area contributed by atoms with Crippen LogP contribution in [0.5, 0.6) is 17.2 Å². The van der Waals surface area contributed by atoms with Crippen LogP contribution in [0.15, 0.2) is 127 Å². The fourth-order valence-corrected chi connectivity index (χ4v) is 9.28. The van der Waals surface area contributed by atoms with Crippen molar-refractivity contribution in [3.8, 4) is 17.2 Å². The largest absolute Gasteiger partial charge is 0.508 e. The lowest BCUT2D eigenvalue weighted by Gasteiger charge is -2.32. The molecule has 9 nitrogen and oxygen atoms in total. The SMILES string of the molecule is CC1Cc2ccccc2C1C.CCC(C)(C)C(=O)OC(C)(C)C.CCC(C)C(=O)OC(C)(C)C.CCC(C)c1ccc(O)cc1.CCC(C)c1ccc(O)cc1.CCC(C)c1ccc(O)cc1.CCC(C)c1ccccc1.CCC1(OC(=O)C(C)(C)CC)CCCC1. The van der Waals surface area contributed by atoms with Gasteiger partial charge in [0.05, 0.1) is 16.7 Å². The second-order valence-electron chi connectivity index (χ2n) is 29.0. The molecular weight excluding hydrogens is 1140 g/mol. The second kappa shape index (κ2) is 43.0. The van der Waals surface area contributed by atoms with E-state index < -0.39 is 0 Å². The van der Waals surface area contributed by atoms with Crippen LogP contribution in [-0.2, 0) is 35.0 Å². The van der Waals surface area contributed by atoms with Gasteiger partial charge in [0.2, 0.25) is 0 Å². The van der Waals surface area contributed by atoms with Crippen molar-refractivity contribution in [2.75, 3.05) is 0 Å². The fraction of sp³-hybridized carbons (Fsp3) is 0.602. The standard InChI is InChI=1S/C13H24O2.C11H14.C10H20O2.3C10H14O.C10H14.C9H18O2/c1-5-12(3,4)11(14)15-13(6-2)9-7-8-10-13;1-8-7-10-5-3-4-6-11(10)9(8)2;1-7-10(5,6)8(11)12-9(2,3)4;3*1-3-8(2)9-4-6-10(11)7-5-9;1-3-9(2)10-7-5-4-6-8-10;1-6-7(2)8(10)11-9(3,4)5/h5-10H2,1-4H3;3-6,8-9H,7H2,1-2H3;7H2,1-6H3;3*4-8,11H,3H2,1-2H3;4-9H,3H2,1-2H3;7H,6H2,1-5H3. The van der Waals surface area contributed by atoms with Gasteiger partial charge in [-0.05, 0) is 258 Å². The summed E-state index contributed by atoms with van der Waals surface area (Å²) in [7, 11) is 0. The van der Waals surface area contributed by atoms with Crippen molar-refractivity contribution in [3.05, 3.63) is 161 Å². The van der Waals surface area contributed by atoms with Crippen molar-refractivity contribution >= 4 is 17.9 Å². The average Bonchev–Trinajstić information content (AvgIpc) is 1.66. The number of carbonyl (C=O) groups excluding carboxylic acids is 3. The normalized spacial score (nSPS) is 16.1. The summed E-state index contributed by atoms with van der Waals surface area (Å²) in [6.45, 7) is 51.3. The molecule has 5 aromatic carbocycles. The van der Waals surface area contributed by atoms with Gasteiger partial charge in [-0.1, -0.05) is 195 Å². The van der Waals surface area contributed by atoms with Gasteiger partial charge in [0.15, 0.2) is 0 Å². The molecular formula is C83H132O9. The van der Waals surface area contributed by atoms with E-state index in [4.69, 9.17) is 29.5 Å². The van der Waals surface area contributed by atoms with Gasteiger partial charge >= 0.3 is 17.9 Å². The van der Waals surface area contributed by atoms with Crippen LogP contribution in [0, 0.1) is 22.7 Å². The molecule has 0 bridgehead atoms. The van der Waals surface area contributed by atoms with Crippen LogP contribution in [0.3, 0.4) is 0 Å². The zero-order chi connectivity index (χ0) is 70.6. The highest BCUT2D eigenvalue weighted by atomic mass is 16.6. The van der Waals surface area contributed by atoms with Crippen molar-refractivity contribution in [1.29, 1.82) is 0 Å². The molecule has 1 saturated carbocycles. The van der Waals surface area contributed by atoms with Crippen LogP contribution < -0.4 is 0 Å². The molecule has 92 heavy (non-hydrogen) atoms. The van der Waals surface area contributed by atoms with Crippen molar-refractivity contribution in [3.63, 3.8) is 0 Å². The minimum atomic E-state index is -0.372. The van der Waals surface area contributed by atoms with Gasteiger partial charge in [-0.25, -0.2) is 0 Å². The van der Waals surface area contributed by atoms with Crippen molar-refractivity contribution in [2.45, 2.75) is 303 Å². The van der Waals surface area contributed by atoms with Crippen molar-refractivity contribution in [1.82, 2.24) is 0 Å². The first kappa shape index (κ1) is 85.9. The van der Waals surface area contributed by atoms with Gasteiger partial charge in [-0.2, -0.15) is 0 Å². The Hall–Kier alpha value is -6.09. The first-order valence-corrected chi connectivity index (χ1v) is 35.0. The predicted octanol–water partition coefficient (Wildman–Crippen LogP) is 23.7. The Morgan fingerprint density at radius 2 is 0.793 bits per heavy atom. The molecule has 0 radical (unpaired) electrons. The molecule has 9 heteroatoms. The summed E-state index contributed by atoms with van der Waals surface area (Å²) in [5.74, 6) is 4.92. The Morgan fingerprint density at radius 3 is 1.11 bits per heavy atom. The van der Waals surface area contributed by atoms with E-state index in [-0.39, 0.29) is 51.5 Å². The minimum absolute atomic E-state index is 0.0197. The van der Waals surface area contributed by atoms with Gasteiger partial charge in [-0.15, -0.1) is 0 Å². The Balaban J connectivity index is 0.00000103.